The zero-order valence-corrected chi connectivity index (χ0v) is 20.4. The number of nitrogens with one attached hydrogen (secondary N) is 2. The lowest BCUT2D eigenvalue weighted by Gasteiger charge is -2.36. The number of imide groups is 1. The van der Waals surface area contributed by atoms with Crippen LogP contribution in [0.5, 0.6) is 0 Å². The topological polar surface area (TPSA) is 85.5 Å². The van der Waals surface area contributed by atoms with Gasteiger partial charge in [-0.15, -0.1) is 6.58 Å². The van der Waals surface area contributed by atoms with Gasteiger partial charge in [0.1, 0.15) is 12.1 Å². The minimum Gasteiger partial charge on any atom is -0.356 e. The number of aromatic nitrogens is 1. The molecule has 1 saturated heterocycles. The number of benzene rings is 3. The fourth-order valence-electron chi connectivity index (χ4n) is 5.44. The number of urea groups is 1. The largest absolute Gasteiger partial charge is 0.356 e. The highest BCUT2D eigenvalue weighted by Crippen LogP contribution is 2.44. The molecule has 7 nitrogen and oxygen atoms in total. The number of nitrogens with zero attached hydrogens (tertiary/aromatic N) is 2. The number of carbonyl (C=O) groups is 3. The van der Waals surface area contributed by atoms with E-state index in [0.717, 1.165) is 33.3 Å². The third kappa shape index (κ3) is 3.62. The van der Waals surface area contributed by atoms with Crippen LogP contribution in [0.25, 0.3) is 10.9 Å². The molecule has 3 heterocycles. The second-order valence-corrected chi connectivity index (χ2v) is 9.51. The van der Waals surface area contributed by atoms with Gasteiger partial charge in [0.25, 0.3) is 11.8 Å². The molecule has 2 aliphatic heterocycles. The number of aromatic amines is 1. The second-order valence-electron chi connectivity index (χ2n) is 9.51. The Morgan fingerprint density at radius 3 is 2.51 bits per heavy atom. The quantitative estimate of drug-likeness (QED) is 0.309. The van der Waals surface area contributed by atoms with E-state index >= 15 is 0 Å². The van der Waals surface area contributed by atoms with Gasteiger partial charge in [0.15, 0.2) is 0 Å². The summed E-state index contributed by atoms with van der Waals surface area (Å²) in [7, 11) is 0. The molecular formula is C30H26N4O3. The smallest absolute Gasteiger partial charge is 0.332 e. The number of H-pyrrole nitrogens is 1. The average molecular weight is 491 g/mol. The van der Waals surface area contributed by atoms with Gasteiger partial charge in [-0.3, -0.25) is 14.5 Å². The van der Waals surface area contributed by atoms with Gasteiger partial charge in [0, 0.05) is 35.1 Å². The van der Waals surface area contributed by atoms with Crippen LogP contribution < -0.4 is 10.2 Å². The maximum atomic E-state index is 13.9. The molecule has 0 bridgehead atoms. The molecule has 4 aromatic rings. The van der Waals surface area contributed by atoms with Crippen LogP contribution in [0.4, 0.5) is 10.5 Å². The lowest BCUT2D eigenvalue weighted by molar-refractivity contribution is -0.120. The van der Waals surface area contributed by atoms with Crippen LogP contribution in [0.3, 0.4) is 0 Å². The predicted octanol–water partition coefficient (Wildman–Crippen LogP) is 4.88. The van der Waals surface area contributed by atoms with Crippen LogP contribution in [0.2, 0.25) is 0 Å². The predicted molar refractivity (Wildman–Crippen MR) is 143 cm³/mol. The lowest BCUT2D eigenvalue weighted by Crippen LogP contribution is -2.44. The van der Waals surface area contributed by atoms with Crippen molar-refractivity contribution in [3.8, 4) is 0 Å². The SMILES string of the molecule is C=CCNC(=O)c1ccc(N2C(=O)[C@@H]3Cc4c([nH]c5ccccc45)C(c4ccc(C)cc4)N3C2=O)cc1. The first kappa shape index (κ1) is 22.8. The van der Waals surface area contributed by atoms with Gasteiger partial charge in [-0.05, 0) is 48.4 Å². The standard InChI is InChI=1S/C30H26N4O3/c1-3-16-31-28(35)20-12-14-21(15-13-20)33-29(36)25-17-23-22-6-4-5-7-24(22)32-26(23)27(34(25)30(33)37)19-10-8-18(2)9-11-19/h3-15,25,27,32H,1,16-17H2,2H3,(H,31,35)/t25-,27?/m0/s1. The molecule has 184 valence electrons. The van der Waals surface area contributed by atoms with Gasteiger partial charge in [-0.1, -0.05) is 54.1 Å². The van der Waals surface area contributed by atoms with Crippen molar-refractivity contribution in [2.75, 3.05) is 11.4 Å². The molecule has 6 rings (SSSR count). The molecule has 1 aromatic heterocycles. The van der Waals surface area contributed by atoms with E-state index in [2.05, 4.69) is 22.9 Å². The third-order valence-electron chi connectivity index (χ3n) is 7.24. The Hall–Kier alpha value is -4.65. The van der Waals surface area contributed by atoms with Crippen LogP contribution in [0, 0.1) is 6.92 Å². The van der Waals surface area contributed by atoms with E-state index < -0.39 is 12.1 Å². The molecular weight excluding hydrogens is 464 g/mol. The maximum Gasteiger partial charge on any atom is 0.332 e. The van der Waals surface area contributed by atoms with E-state index in [1.54, 1.807) is 35.2 Å². The molecule has 0 saturated carbocycles. The molecule has 4 amide bonds. The lowest BCUT2D eigenvalue weighted by atomic mass is 9.88. The van der Waals surface area contributed by atoms with Crippen molar-refractivity contribution < 1.29 is 14.4 Å². The molecule has 0 radical (unpaired) electrons. The van der Waals surface area contributed by atoms with E-state index in [-0.39, 0.29) is 17.8 Å². The van der Waals surface area contributed by atoms with Crippen molar-refractivity contribution in [3.63, 3.8) is 0 Å². The normalized spacial score (nSPS) is 18.6. The number of hydrogen-bond acceptors (Lipinski definition) is 3. The van der Waals surface area contributed by atoms with Crippen molar-refractivity contribution in [1.29, 1.82) is 0 Å². The van der Waals surface area contributed by atoms with E-state index in [9.17, 15) is 14.4 Å². The summed E-state index contributed by atoms with van der Waals surface area (Å²) in [5.41, 5.74) is 5.96. The number of rotatable bonds is 5. The van der Waals surface area contributed by atoms with Gasteiger partial charge < -0.3 is 10.3 Å². The number of anilines is 1. The van der Waals surface area contributed by atoms with Crippen LogP contribution >= 0.6 is 0 Å². The first-order valence-corrected chi connectivity index (χ1v) is 12.3. The number of fused-ring (bicyclic) bond motifs is 4. The second kappa shape index (κ2) is 8.78. The van der Waals surface area contributed by atoms with Gasteiger partial charge in [-0.2, -0.15) is 0 Å². The summed E-state index contributed by atoms with van der Waals surface area (Å²) in [6, 6.07) is 21.3. The molecule has 1 fully saturated rings. The number of hydrogen-bond donors (Lipinski definition) is 2. The summed E-state index contributed by atoms with van der Waals surface area (Å²) in [4.78, 5) is 46.5. The molecule has 0 aliphatic carbocycles. The molecule has 2 atom stereocenters. The highest BCUT2D eigenvalue weighted by Gasteiger charge is 2.53. The molecule has 2 N–H and O–H groups in total. The average Bonchev–Trinajstić information content (AvgIpc) is 3.41. The Balaban J connectivity index is 1.41. The van der Waals surface area contributed by atoms with Gasteiger partial charge in [0.2, 0.25) is 0 Å². The van der Waals surface area contributed by atoms with Gasteiger partial charge >= 0.3 is 6.03 Å². The number of amides is 4. The van der Waals surface area contributed by atoms with Gasteiger partial charge in [-0.25, -0.2) is 9.69 Å². The Labute approximate surface area is 214 Å². The molecule has 0 spiro atoms. The first-order valence-electron chi connectivity index (χ1n) is 12.3. The van der Waals surface area contributed by atoms with E-state index in [4.69, 9.17) is 0 Å². The van der Waals surface area contributed by atoms with Crippen molar-refractivity contribution in [2.45, 2.75) is 25.4 Å². The maximum absolute atomic E-state index is 13.9. The first-order chi connectivity index (χ1) is 18.0. The zero-order chi connectivity index (χ0) is 25.7. The van der Waals surface area contributed by atoms with Gasteiger partial charge in [0.05, 0.1) is 5.69 Å². The fourth-order valence-corrected chi connectivity index (χ4v) is 5.44. The Morgan fingerprint density at radius 2 is 1.78 bits per heavy atom. The highest BCUT2D eigenvalue weighted by molar-refractivity contribution is 6.22. The van der Waals surface area contributed by atoms with Crippen molar-refractivity contribution in [3.05, 3.63) is 113 Å². The minimum absolute atomic E-state index is 0.243. The van der Waals surface area contributed by atoms with Crippen molar-refractivity contribution in [2.24, 2.45) is 0 Å². The molecule has 1 unspecified atom stereocenters. The third-order valence-corrected chi connectivity index (χ3v) is 7.24. The number of aryl methyl sites for hydroxylation is 1. The summed E-state index contributed by atoms with van der Waals surface area (Å²) >= 11 is 0. The van der Waals surface area contributed by atoms with Crippen LogP contribution in [0.1, 0.15) is 38.8 Å². The zero-order valence-electron chi connectivity index (χ0n) is 20.4. The summed E-state index contributed by atoms with van der Waals surface area (Å²) in [6.07, 6.45) is 2.04. The molecule has 7 heteroatoms. The van der Waals surface area contributed by atoms with E-state index in [0.29, 0.717) is 24.2 Å². The Morgan fingerprint density at radius 1 is 1.05 bits per heavy atom. The number of carbonyl (C=O) groups excluding carboxylic acids is 3. The molecule has 2 aliphatic rings. The summed E-state index contributed by atoms with van der Waals surface area (Å²) in [5, 5.41) is 3.80. The van der Waals surface area contributed by atoms with Crippen LogP contribution in [0.15, 0.2) is 85.5 Å². The Kier molecular flexibility index (Phi) is 5.41. The number of para-hydroxylation sites is 1. The van der Waals surface area contributed by atoms with Crippen LogP contribution in [-0.4, -0.2) is 40.3 Å². The van der Waals surface area contributed by atoms with Crippen molar-refractivity contribution in [1.82, 2.24) is 15.2 Å². The highest BCUT2D eigenvalue weighted by atomic mass is 16.2. The summed E-state index contributed by atoms with van der Waals surface area (Å²) in [6.45, 7) is 5.98. The molecule has 3 aromatic carbocycles. The van der Waals surface area contributed by atoms with E-state index in [1.807, 2.05) is 49.4 Å². The summed E-state index contributed by atoms with van der Waals surface area (Å²) in [5.74, 6) is -0.505. The van der Waals surface area contributed by atoms with Crippen LogP contribution in [-0.2, 0) is 11.2 Å². The van der Waals surface area contributed by atoms with E-state index in [1.165, 1.54) is 4.90 Å². The Bertz CT molecular complexity index is 1550. The monoisotopic (exact) mass is 490 g/mol. The summed E-state index contributed by atoms with van der Waals surface area (Å²) < 4.78 is 0. The fraction of sp³-hybridized carbons (Fsp3) is 0.167. The van der Waals surface area contributed by atoms with Crippen molar-refractivity contribution >= 4 is 34.4 Å². The minimum atomic E-state index is -0.624. The molecule has 37 heavy (non-hydrogen) atoms.